The molecule has 0 aliphatic carbocycles. The van der Waals surface area contributed by atoms with Crippen LogP contribution in [0.25, 0.3) is 11.4 Å². The lowest BCUT2D eigenvalue weighted by Gasteiger charge is -2.12. The number of hydrogen-bond acceptors (Lipinski definition) is 6. The molecule has 5 nitrogen and oxygen atoms in total. The van der Waals surface area contributed by atoms with E-state index in [9.17, 15) is 13.2 Å². The van der Waals surface area contributed by atoms with Crippen molar-refractivity contribution in [1.82, 2.24) is 19.9 Å². The first-order chi connectivity index (χ1) is 12.3. The van der Waals surface area contributed by atoms with Gasteiger partial charge in [-0.25, -0.2) is 15.0 Å². The van der Waals surface area contributed by atoms with Crippen molar-refractivity contribution in [3.63, 3.8) is 0 Å². The SMILES string of the molecule is Cc1nc(C)c(CCNc2cc(C(F)(F)F)nc(-c3ccncc3)n2)s1. The zero-order valence-electron chi connectivity index (χ0n) is 14.1. The summed E-state index contributed by atoms with van der Waals surface area (Å²) in [6.45, 7) is 4.30. The minimum atomic E-state index is -4.55. The van der Waals surface area contributed by atoms with Crippen LogP contribution in [0.5, 0.6) is 0 Å². The van der Waals surface area contributed by atoms with Crippen LogP contribution in [0.3, 0.4) is 0 Å². The maximum absolute atomic E-state index is 13.2. The van der Waals surface area contributed by atoms with Gasteiger partial charge in [0.25, 0.3) is 0 Å². The average molecular weight is 379 g/mol. The van der Waals surface area contributed by atoms with Gasteiger partial charge >= 0.3 is 6.18 Å². The molecule has 9 heteroatoms. The highest BCUT2D eigenvalue weighted by Crippen LogP contribution is 2.30. The van der Waals surface area contributed by atoms with Crippen LogP contribution in [0.15, 0.2) is 30.6 Å². The largest absolute Gasteiger partial charge is 0.433 e. The molecule has 136 valence electrons. The Bertz CT molecular complexity index is 893. The fourth-order valence-corrected chi connectivity index (χ4v) is 3.36. The summed E-state index contributed by atoms with van der Waals surface area (Å²) < 4.78 is 39.5. The second-order valence-corrected chi connectivity index (χ2v) is 6.90. The molecule has 0 atom stereocenters. The van der Waals surface area contributed by atoms with Gasteiger partial charge in [0.05, 0.1) is 10.7 Å². The zero-order valence-corrected chi connectivity index (χ0v) is 14.9. The Hall–Kier alpha value is -2.55. The Morgan fingerprint density at radius 3 is 2.42 bits per heavy atom. The molecule has 3 heterocycles. The predicted molar refractivity (Wildman–Crippen MR) is 94.0 cm³/mol. The van der Waals surface area contributed by atoms with Crippen LogP contribution >= 0.6 is 11.3 Å². The Labute approximate surface area is 152 Å². The predicted octanol–water partition coefficient (Wildman–Crippen LogP) is 4.29. The van der Waals surface area contributed by atoms with Crippen molar-refractivity contribution in [3.05, 3.63) is 51.9 Å². The Balaban J connectivity index is 1.82. The summed E-state index contributed by atoms with van der Waals surface area (Å²) in [6, 6.07) is 4.07. The van der Waals surface area contributed by atoms with Crippen LogP contribution in [0.1, 0.15) is 21.3 Å². The highest BCUT2D eigenvalue weighted by molar-refractivity contribution is 7.11. The van der Waals surface area contributed by atoms with Crippen LogP contribution in [-0.2, 0) is 12.6 Å². The molecule has 0 aromatic carbocycles. The maximum Gasteiger partial charge on any atom is 0.433 e. The normalized spacial score (nSPS) is 11.6. The van der Waals surface area contributed by atoms with E-state index in [4.69, 9.17) is 0 Å². The third-order valence-corrected chi connectivity index (χ3v) is 4.75. The third kappa shape index (κ3) is 4.34. The van der Waals surface area contributed by atoms with Crippen molar-refractivity contribution in [2.75, 3.05) is 11.9 Å². The molecule has 1 N–H and O–H groups in total. The highest BCUT2D eigenvalue weighted by Gasteiger charge is 2.33. The number of pyridine rings is 1. The second-order valence-electron chi connectivity index (χ2n) is 5.61. The van der Waals surface area contributed by atoms with E-state index in [1.165, 1.54) is 12.4 Å². The molecule has 3 rings (SSSR count). The zero-order chi connectivity index (χ0) is 18.7. The summed E-state index contributed by atoms with van der Waals surface area (Å²) in [5, 5.41) is 3.94. The molecule has 0 aliphatic rings. The molecule has 3 aromatic heterocycles. The number of anilines is 1. The van der Waals surface area contributed by atoms with E-state index in [0.717, 1.165) is 21.6 Å². The molecule has 0 bridgehead atoms. The van der Waals surface area contributed by atoms with Crippen molar-refractivity contribution in [1.29, 1.82) is 0 Å². The van der Waals surface area contributed by atoms with Crippen LogP contribution in [0, 0.1) is 13.8 Å². The third-order valence-electron chi connectivity index (χ3n) is 3.61. The van der Waals surface area contributed by atoms with E-state index >= 15 is 0 Å². The second kappa shape index (κ2) is 7.36. The highest BCUT2D eigenvalue weighted by atomic mass is 32.1. The number of aryl methyl sites for hydroxylation is 2. The number of halogens is 3. The fourth-order valence-electron chi connectivity index (χ4n) is 2.42. The van der Waals surface area contributed by atoms with Crippen molar-refractivity contribution in [2.24, 2.45) is 0 Å². The van der Waals surface area contributed by atoms with E-state index in [0.29, 0.717) is 18.5 Å². The smallest absolute Gasteiger partial charge is 0.370 e. The van der Waals surface area contributed by atoms with Gasteiger partial charge in [-0.3, -0.25) is 4.98 Å². The van der Waals surface area contributed by atoms with Gasteiger partial charge in [0.15, 0.2) is 11.5 Å². The lowest BCUT2D eigenvalue weighted by molar-refractivity contribution is -0.141. The summed E-state index contributed by atoms with van der Waals surface area (Å²) in [4.78, 5) is 17.2. The summed E-state index contributed by atoms with van der Waals surface area (Å²) in [6.07, 6.45) is -0.915. The minimum Gasteiger partial charge on any atom is -0.370 e. The standard InChI is InChI=1S/C17H16F3N5S/c1-10-13(26-11(2)23-10)5-8-22-15-9-14(17(18,19)20)24-16(25-15)12-3-6-21-7-4-12/h3-4,6-7,9H,5,8H2,1-2H3,(H,22,24,25). The molecule has 0 unspecified atom stereocenters. The van der Waals surface area contributed by atoms with Crippen LogP contribution in [-0.4, -0.2) is 26.5 Å². The summed E-state index contributed by atoms with van der Waals surface area (Å²) in [5.74, 6) is 0.146. The van der Waals surface area contributed by atoms with Gasteiger partial charge < -0.3 is 5.32 Å². The Morgan fingerprint density at radius 2 is 1.81 bits per heavy atom. The molecule has 0 aliphatic heterocycles. The molecular weight excluding hydrogens is 363 g/mol. The average Bonchev–Trinajstić information content (AvgIpc) is 2.92. The molecule has 0 saturated carbocycles. The first kappa shape index (κ1) is 18.2. The van der Waals surface area contributed by atoms with Gasteiger partial charge in [0.2, 0.25) is 0 Å². The maximum atomic E-state index is 13.2. The van der Waals surface area contributed by atoms with Crippen LogP contribution in [0.2, 0.25) is 0 Å². The molecule has 0 spiro atoms. The number of alkyl halides is 3. The van der Waals surface area contributed by atoms with Crippen molar-refractivity contribution in [2.45, 2.75) is 26.4 Å². The topological polar surface area (TPSA) is 63.6 Å². The van der Waals surface area contributed by atoms with E-state index in [1.807, 2.05) is 13.8 Å². The number of thiazole rings is 1. The van der Waals surface area contributed by atoms with E-state index in [-0.39, 0.29) is 11.6 Å². The van der Waals surface area contributed by atoms with Crippen molar-refractivity contribution in [3.8, 4) is 11.4 Å². The quantitative estimate of drug-likeness (QED) is 0.717. The van der Waals surface area contributed by atoms with Gasteiger partial charge in [0, 0.05) is 41.9 Å². The summed E-state index contributed by atoms with van der Waals surface area (Å²) >= 11 is 1.59. The van der Waals surface area contributed by atoms with Gasteiger partial charge in [-0.15, -0.1) is 11.3 Å². The minimum absolute atomic E-state index is 0.00883. The van der Waals surface area contributed by atoms with Gasteiger partial charge in [-0.2, -0.15) is 13.2 Å². The van der Waals surface area contributed by atoms with Gasteiger partial charge in [-0.05, 0) is 26.0 Å². The van der Waals surface area contributed by atoms with Crippen LogP contribution in [0.4, 0.5) is 19.0 Å². The molecule has 0 saturated heterocycles. The molecule has 0 amide bonds. The van der Waals surface area contributed by atoms with Crippen molar-refractivity contribution >= 4 is 17.2 Å². The number of nitrogens with one attached hydrogen (secondary N) is 1. The molecule has 3 aromatic rings. The first-order valence-electron chi connectivity index (χ1n) is 7.86. The van der Waals surface area contributed by atoms with Crippen molar-refractivity contribution < 1.29 is 13.2 Å². The van der Waals surface area contributed by atoms with Crippen LogP contribution < -0.4 is 5.32 Å². The summed E-state index contributed by atoms with van der Waals surface area (Å²) in [7, 11) is 0. The first-order valence-corrected chi connectivity index (χ1v) is 8.68. The number of rotatable bonds is 5. The number of aromatic nitrogens is 4. The Kier molecular flexibility index (Phi) is 5.17. The van der Waals surface area contributed by atoms with Gasteiger partial charge in [-0.1, -0.05) is 0 Å². The lowest BCUT2D eigenvalue weighted by atomic mass is 10.2. The molecule has 26 heavy (non-hydrogen) atoms. The number of nitrogens with zero attached hydrogens (tertiary/aromatic N) is 4. The monoisotopic (exact) mass is 379 g/mol. The number of hydrogen-bond donors (Lipinski definition) is 1. The van der Waals surface area contributed by atoms with E-state index in [1.54, 1.807) is 23.5 Å². The lowest BCUT2D eigenvalue weighted by Crippen LogP contribution is -2.13. The molecular formula is C17H16F3N5S. The molecule has 0 radical (unpaired) electrons. The molecule has 0 fully saturated rings. The summed E-state index contributed by atoms with van der Waals surface area (Å²) in [5.41, 5.74) is 0.445. The van der Waals surface area contributed by atoms with Gasteiger partial charge in [0.1, 0.15) is 5.82 Å². The van der Waals surface area contributed by atoms with E-state index in [2.05, 4.69) is 25.3 Å². The Morgan fingerprint density at radius 1 is 1.08 bits per heavy atom. The fraction of sp³-hybridized carbons (Fsp3) is 0.294. The van der Waals surface area contributed by atoms with E-state index < -0.39 is 11.9 Å².